The SMILES string of the molecule is COC(=O)NC(C(=O)N1CCCC1c1ncc(-c2ccc3c(-c4ccc(-c5ccccc5)cc4)cccc3c2)[nH]1)C(C)C. The predicted molar refractivity (Wildman–Crippen MR) is 170 cm³/mol. The molecule has 1 aliphatic heterocycles. The van der Waals surface area contributed by atoms with Gasteiger partial charge in [-0.25, -0.2) is 9.78 Å². The number of imidazole rings is 1. The van der Waals surface area contributed by atoms with Gasteiger partial charge in [-0.05, 0) is 57.9 Å². The summed E-state index contributed by atoms with van der Waals surface area (Å²) >= 11 is 0. The predicted octanol–water partition coefficient (Wildman–Crippen LogP) is 7.61. The van der Waals surface area contributed by atoms with E-state index in [2.05, 4.69) is 95.2 Å². The molecular weight excluding hydrogens is 536 g/mol. The molecule has 2 N–H and O–H groups in total. The first-order chi connectivity index (χ1) is 20.9. The Hall–Kier alpha value is -4.91. The number of benzene rings is 4. The van der Waals surface area contributed by atoms with Crippen LogP contribution in [0.15, 0.2) is 97.2 Å². The average molecular weight is 573 g/mol. The average Bonchev–Trinajstić information content (AvgIpc) is 3.73. The summed E-state index contributed by atoms with van der Waals surface area (Å²) < 4.78 is 4.75. The van der Waals surface area contributed by atoms with E-state index >= 15 is 0 Å². The van der Waals surface area contributed by atoms with Gasteiger partial charge in [-0.3, -0.25) is 4.79 Å². The second-order valence-corrected chi connectivity index (χ2v) is 11.4. The van der Waals surface area contributed by atoms with Crippen molar-refractivity contribution in [3.63, 3.8) is 0 Å². The quantitative estimate of drug-likeness (QED) is 0.210. The minimum atomic E-state index is -0.660. The second kappa shape index (κ2) is 12.1. The van der Waals surface area contributed by atoms with Gasteiger partial charge in [0.15, 0.2) is 0 Å². The van der Waals surface area contributed by atoms with Gasteiger partial charge >= 0.3 is 6.09 Å². The smallest absolute Gasteiger partial charge is 0.407 e. The molecule has 2 heterocycles. The van der Waals surface area contributed by atoms with Crippen LogP contribution in [0, 0.1) is 5.92 Å². The number of fused-ring (bicyclic) bond motifs is 1. The number of carbonyl (C=O) groups excluding carboxylic acids is 2. The summed E-state index contributed by atoms with van der Waals surface area (Å²) in [6.07, 6.45) is 2.93. The highest BCUT2D eigenvalue weighted by Gasteiger charge is 2.37. The molecule has 0 spiro atoms. The van der Waals surface area contributed by atoms with E-state index < -0.39 is 12.1 Å². The van der Waals surface area contributed by atoms with Crippen molar-refractivity contribution in [1.29, 1.82) is 0 Å². The molecule has 1 aliphatic rings. The number of rotatable bonds is 7. The van der Waals surface area contributed by atoms with Gasteiger partial charge < -0.3 is 19.9 Å². The number of H-pyrrole nitrogens is 1. The largest absolute Gasteiger partial charge is 0.453 e. The molecule has 218 valence electrons. The van der Waals surface area contributed by atoms with Gasteiger partial charge in [0.1, 0.15) is 11.9 Å². The molecule has 0 saturated carbocycles. The summed E-state index contributed by atoms with van der Waals surface area (Å²) in [7, 11) is 1.30. The molecule has 2 amide bonds. The van der Waals surface area contributed by atoms with E-state index in [9.17, 15) is 9.59 Å². The van der Waals surface area contributed by atoms with Crippen molar-refractivity contribution in [1.82, 2.24) is 20.2 Å². The highest BCUT2D eigenvalue weighted by molar-refractivity contribution is 5.98. The summed E-state index contributed by atoms with van der Waals surface area (Å²) in [6, 6.07) is 31.2. The van der Waals surface area contributed by atoms with Crippen LogP contribution in [-0.2, 0) is 9.53 Å². The van der Waals surface area contributed by atoms with Crippen molar-refractivity contribution < 1.29 is 14.3 Å². The number of hydrogen-bond donors (Lipinski definition) is 2. The fourth-order valence-electron chi connectivity index (χ4n) is 6.02. The molecule has 6 rings (SSSR count). The Morgan fingerprint density at radius 3 is 2.37 bits per heavy atom. The number of aromatic amines is 1. The van der Waals surface area contributed by atoms with Crippen LogP contribution >= 0.6 is 0 Å². The summed E-state index contributed by atoms with van der Waals surface area (Å²) in [5.41, 5.74) is 6.71. The summed E-state index contributed by atoms with van der Waals surface area (Å²) in [4.78, 5) is 35.4. The summed E-state index contributed by atoms with van der Waals surface area (Å²) in [6.45, 7) is 4.45. The molecule has 2 unspecified atom stereocenters. The molecule has 4 aromatic carbocycles. The molecule has 1 fully saturated rings. The van der Waals surface area contributed by atoms with Gasteiger partial charge in [0.2, 0.25) is 5.91 Å². The van der Waals surface area contributed by atoms with Crippen LogP contribution < -0.4 is 5.32 Å². The monoisotopic (exact) mass is 572 g/mol. The van der Waals surface area contributed by atoms with Crippen molar-refractivity contribution in [2.24, 2.45) is 5.92 Å². The molecule has 43 heavy (non-hydrogen) atoms. The highest BCUT2D eigenvalue weighted by atomic mass is 16.5. The Morgan fingerprint density at radius 2 is 1.63 bits per heavy atom. The van der Waals surface area contributed by atoms with Crippen molar-refractivity contribution in [3.8, 4) is 33.5 Å². The third-order valence-corrected chi connectivity index (χ3v) is 8.33. The number of alkyl carbamates (subject to hydrolysis) is 1. The van der Waals surface area contributed by atoms with Crippen LogP contribution in [0.2, 0.25) is 0 Å². The molecule has 2 atom stereocenters. The van der Waals surface area contributed by atoms with Crippen LogP contribution in [0.3, 0.4) is 0 Å². The summed E-state index contributed by atoms with van der Waals surface area (Å²) in [5, 5.41) is 5.03. The van der Waals surface area contributed by atoms with Crippen LogP contribution in [-0.4, -0.2) is 46.6 Å². The van der Waals surface area contributed by atoms with E-state index in [-0.39, 0.29) is 17.9 Å². The lowest BCUT2D eigenvalue weighted by molar-refractivity contribution is -0.135. The van der Waals surface area contributed by atoms with E-state index in [1.54, 1.807) is 0 Å². The Morgan fingerprint density at radius 1 is 0.907 bits per heavy atom. The van der Waals surface area contributed by atoms with Gasteiger partial charge in [0.25, 0.3) is 0 Å². The van der Waals surface area contributed by atoms with E-state index in [0.717, 1.165) is 35.3 Å². The first kappa shape index (κ1) is 28.2. The van der Waals surface area contributed by atoms with Gasteiger partial charge in [0.05, 0.1) is 25.0 Å². The van der Waals surface area contributed by atoms with Gasteiger partial charge in [-0.15, -0.1) is 0 Å². The second-order valence-electron chi connectivity index (χ2n) is 11.4. The minimum Gasteiger partial charge on any atom is -0.453 e. The molecule has 7 nitrogen and oxygen atoms in total. The zero-order chi connectivity index (χ0) is 29.9. The molecule has 0 aliphatic carbocycles. The minimum absolute atomic E-state index is 0.0794. The Kier molecular flexibility index (Phi) is 7.97. The number of nitrogens with zero attached hydrogens (tertiary/aromatic N) is 2. The normalized spacial score (nSPS) is 15.5. The van der Waals surface area contributed by atoms with E-state index in [1.807, 2.05) is 31.0 Å². The Bertz CT molecular complexity index is 1740. The van der Waals surface area contributed by atoms with Crippen molar-refractivity contribution in [2.45, 2.75) is 38.8 Å². The van der Waals surface area contributed by atoms with Crippen LogP contribution in [0.25, 0.3) is 44.3 Å². The summed E-state index contributed by atoms with van der Waals surface area (Å²) in [5.74, 6) is 0.564. The van der Waals surface area contributed by atoms with E-state index in [0.29, 0.717) is 6.54 Å². The fraction of sp³-hybridized carbons (Fsp3) is 0.250. The number of ether oxygens (including phenoxy) is 1. The zero-order valence-corrected chi connectivity index (χ0v) is 24.7. The third-order valence-electron chi connectivity index (χ3n) is 8.33. The van der Waals surface area contributed by atoms with Crippen molar-refractivity contribution >= 4 is 22.8 Å². The molecule has 1 saturated heterocycles. The Labute approximate surface area is 251 Å². The number of aromatic nitrogens is 2. The topological polar surface area (TPSA) is 87.3 Å². The number of hydrogen-bond acceptors (Lipinski definition) is 4. The molecule has 5 aromatic rings. The van der Waals surface area contributed by atoms with Gasteiger partial charge in [0, 0.05) is 12.1 Å². The van der Waals surface area contributed by atoms with Gasteiger partial charge in [-0.1, -0.05) is 98.8 Å². The molecule has 7 heteroatoms. The van der Waals surface area contributed by atoms with Gasteiger partial charge in [-0.2, -0.15) is 0 Å². The van der Waals surface area contributed by atoms with Crippen LogP contribution in [0.4, 0.5) is 4.79 Å². The fourth-order valence-corrected chi connectivity index (χ4v) is 6.02. The lowest BCUT2D eigenvalue weighted by Gasteiger charge is -2.30. The maximum atomic E-state index is 13.5. The van der Waals surface area contributed by atoms with E-state index in [4.69, 9.17) is 9.72 Å². The molecule has 1 aromatic heterocycles. The molecule has 0 radical (unpaired) electrons. The lowest BCUT2D eigenvalue weighted by atomic mass is 9.95. The lowest BCUT2D eigenvalue weighted by Crippen LogP contribution is -2.51. The Balaban J connectivity index is 1.24. The standard InChI is InChI=1S/C36H36N4O3/c1-23(2)33(39-36(42)43-3)35(41)40-20-8-13-32(40)34-37-22-31(38-34)28-18-19-30-27(21-28)11-7-12-29(30)26-16-14-25(15-17-26)24-9-5-4-6-10-24/h4-7,9-12,14-19,21-23,32-33H,8,13,20H2,1-3H3,(H,37,38)(H,39,42). The number of methoxy groups -OCH3 is 1. The molecular formula is C36H36N4O3. The number of likely N-dealkylation sites (tertiary alicyclic amines) is 1. The number of carbonyl (C=O) groups is 2. The van der Waals surface area contributed by atoms with Crippen LogP contribution in [0.1, 0.15) is 38.6 Å². The first-order valence-electron chi connectivity index (χ1n) is 14.8. The number of amides is 2. The van der Waals surface area contributed by atoms with Crippen molar-refractivity contribution in [3.05, 3.63) is 103 Å². The molecule has 0 bridgehead atoms. The van der Waals surface area contributed by atoms with Crippen molar-refractivity contribution in [2.75, 3.05) is 13.7 Å². The first-order valence-corrected chi connectivity index (χ1v) is 14.8. The maximum absolute atomic E-state index is 13.5. The maximum Gasteiger partial charge on any atom is 0.407 e. The zero-order valence-electron chi connectivity index (χ0n) is 24.7. The van der Waals surface area contributed by atoms with Crippen LogP contribution in [0.5, 0.6) is 0 Å². The van der Waals surface area contributed by atoms with E-state index in [1.165, 1.54) is 34.7 Å². The third kappa shape index (κ3) is 5.75. The number of nitrogens with one attached hydrogen (secondary N) is 2. The highest BCUT2D eigenvalue weighted by Crippen LogP contribution is 2.35.